The summed E-state index contributed by atoms with van der Waals surface area (Å²) in [6.07, 6.45) is 0. The average Bonchev–Trinajstić information content (AvgIpc) is 2.66. The highest BCUT2D eigenvalue weighted by molar-refractivity contribution is 7.98. The minimum atomic E-state index is 0.235. The minimum absolute atomic E-state index is 0.235. The molecule has 1 atom stereocenters. The number of benzene rings is 1. The summed E-state index contributed by atoms with van der Waals surface area (Å²) < 4.78 is 5.08. The van der Waals surface area contributed by atoms with Gasteiger partial charge in [0.05, 0.1) is 6.04 Å². The Hall–Kier alpha value is -1.16. The summed E-state index contributed by atoms with van der Waals surface area (Å²) in [7, 11) is 0. The first-order valence-electron chi connectivity index (χ1n) is 4.92. The Morgan fingerprint density at radius 2 is 2.20 bits per heavy atom. The number of hydrogen-bond acceptors (Lipinski definition) is 4. The predicted octanol–water partition coefficient (Wildman–Crippen LogP) is 1.63. The van der Waals surface area contributed by atoms with Gasteiger partial charge in [0, 0.05) is 11.5 Å². The number of nitrogens with zero attached hydrogens (tertiary/aromatic N) is 1. The van der Waals surface area contributed by atoms with Gasteiger partial charge in [-0.3, -0.25) is 0 Å². The molecule has 1 aliphatic rings. The number of rotatable bonds is 4. The van der Waals surface area contributed by atoms with Crippen molar-refractivity contribution in [1.82, 2.24) is 0 Å². The summed E-state index contributed by atoms with van der Waals surface area (Å²) in [4.78, 5) is 4.17. The van der Waals surface area contributed by atoms with Crippen LogP contribution in [-0.4, -0.2) is 24.4 Å². The van der Waals surface area contributed by atoms with E-state index < -0.39 is 0 Å². The lowest BCUT2D eigenvalue weighted by atomic mass is 10.2. The SMILES string of the molecule is NC1=N[C@@H](CSCc2ccccc2)CO1. The number of ether oxygens (including phenoxy) is 1. The number of amidine groups is 1. The Labute approximate surface area is 93.7 Å². The maximum absolute atomic E-state index is 5.43. The molecule has 0 fully saturated rings. The van der Waals surface area contributed by atoms with Crippen LogP contribution in [0.3, 0.4) is 0 Å². The van der Waals surface area contributed by atoms with E-state index in [1.54, 1.807) is 0 Å². The number of hydrogen-bond donors (Lipinski definition) is 1. The van der Waals surface area contributed by atoms with Crippen LogP contribution in [0.15, 0.2) is 35.3 Å². The maximum Gasteiger partial charge on any atom is 0.282 e. The summed E-state index contributed by atoms with van der Waals surface area (Å²) in [5.41, 5.74) is 6.77. The fourth-order valence-corrected chi connectivity index (χ4v) is 2.40. The molecule has 4 heteroatoms. The van der Waals surface area contributed by atoms with Gasteiger partial charge >= 0.3 is 0 Å². The van der Waals surface area contributed by atoms with E-state index in [2.05, 4.69) is 29.3 Å². The van der Waals surface area contributed by atoms with Gasteiger partial charge in [-0.15, -0.1) is 0 Å². The van der Waals surface area contributed by atoms with Gasteiger partial charge in [-0.1, -0.05) is 30.3 Å². The topological polar surface area (TPSA) is 47.6 Å². The second kappa shape index (κ2) is 5.07. The molecule has 0 amide bonds. The Balaban J connectivity index is 1.72. The van der Waals surface area contributed by atoms with Crippen molar-refractivity contribution in [2.45, 2.75) is 11.8 Å². The molecular formula is C11H14N2OS. The van der Waals surface area contributed by atoms with Crippen LogP contribution in [-0.2, 0) is 10.5 Å². The fourth-order valence-electron chi connectivity index (χ4n) is 1.41. The minimum Gasteiger partial charge on any atom is -0.463 e. The van der Waals surface area contributed by atoms with Crippen LogP contribution < -0.4 is 5.73 Å². The highest BCUT2D eigenvalue weighted by Gasteiger charge is 2.15. The third kappa shape index (κ3) is 3.16. The molecule has 15 heavy (non-hydrogen) atoms. The molecule has 80 valence electrons. The van der Waals surface area contributed by atoms with Crippen LogP contribution in [0.2, 0.25) is 0 Å². The first-order chi connectivity index (χ1) is 7.34. The Kier molecular flexibility index (Phi) is 3.50. The van der Waals surface area contributed by atoms with E-state index in [9.17, 15) is 0 Å². The normalized spacial score (nSPS) is 19.7. The lowest BCUT2D eigenvalue weighted by molar-refractivity contribution is 0.320. The van der Waals surface area contributed by atoms with Crippen molar-refractivity contribution in [1.29, 1.82) is 0 Å². The van der Waals surface area contributed by atoms with Gasteiger partial charge in [-0.2, -0.15) is 11.8 Å². The molecule has 0 saturated carbocycles. The van der Waals surface area contributed by atoms with Gasteiger partial charge in [-0.05, 0) is 5.56 Å². The molecule has 1 heterocycles. The molecule has 0 saturated heterocycles. The third-order valence-corrected chi connectivity index (χ3v) is 3.31. The summed E-state index contributed by atoms with van der Waals surface area (Å²) in [5, 5.41) is 0. The molecule has 0 spiro atoms. The lowest BCUT2D eigenvalue weighted by Crippen LogP contribution is -2.11. The molecule has 3 nitrogen and oxygen atoms in total. The Morgan fingerprint density at radius 3 is 2.87 bits per heavy atom. The van der Waals surface area contributed by atoms with Gasteiger partial charge in [0.25, 0.3) is 6.02 Å². The predicted molar refractivity (Wildman–Crippen MR) is 64.0 cm³/mol. The van der Waals surface area contributed by atoms with Crippen molar-refractivity contribution >= 4 is 17.8 Å². The van der Waals surface area contributed by atoms with E-state index in [-0.39, 0.29) is 6.04 Å². The molecule has 1 aliphatic heterocycles. The second-order valence-corrected chi connectivity index (χ2v) is 4.46. The summed E-state index contributed by atoms with van der Waals surface area (Å²) in [5.74, 6) is 1.99. The molecule has 2 N–H and O–H groups in total. The van der Waals surface area contributed by atoms with Crippen LogP contribution in [0.4, 0.5) is 0 Å². The van der Waals surface area contributed by atoms with Crippen LogP contribution in [0.5, 0.6) is 0 Å². The van der Waals surface area contributed by atoms with Crippen LogP contribution >= 0.6 is 11.8 Å². The summed E-state index contributed by atoms with van der Waals surface area (Å²) >= 11 is 1.86. The monoisotopic (exact) mass is 222 g/mol. The first kappa shape index (κ1) is 10.4. The van der Waals surface area contributed by atoms with Gasteiger partial charge < -0.3 is 10.5 Å². The molecule has 1 aromatic carbocycles. The molecule has 0 bridgehead atoms. The zero-order chi connectivity index (χ0) is 10.5. The van der Waals surface area contributed by atoms with Gasteiger partial charge in [0.2, 0.25) is 0 Å². The summed E-state index contributed by atoms with van der Waals surface area (Å²) in [6, 6.07) is 11.0. The van der Waals surface area contributed by atoms with E-state index in [0.717, 1.165) is 11.5 Å². The quantitative estimate of drug-likeness (QED) is 0.842. The smallest absolute Gasteiger partial charge is 0.282 e. The van der Waals surface area contributed by atoms with Crippen molar-refractivity contribution in [3.63, 3.8) is 0 Å². The van der Waals surface area contributed by atoms with Gasteiger partial charge in [0.1, 0.15) is 6.61 Å². The van der Waals surface area contributed by atoms with E-state index in [4.69, 9.17) is 10.5 Å². The zero-order valence-electron chi connectivity index (χ0n) is 8.43. The number of nitrogens with two attached hydrogens (primary N) is 1. The van der Waals surface area contributed by atoms with E-state index in [1.807, 2.05) is 17.8 Å². The van der Waals surface area contributed by atoms with E-state index in [0.29, 0.717) is 12.6 Å². The molecule has 1 aromatic rings. The second-order valence-electron chi connectivity index (χ2n) is 3.43. The van der Waals surface area contributed by atoms with Crippen molar-refractivity contribution in [3.05, 3.63) is 35.9 Å². The molecule has 0 radical (unpaired) electrons. The van der Waals surface area contributed by atoms with Crippen LogP contribution in [0.1, 0.15) is 5.56 Å². The molecule has 0 aliphatic carbocycles. The maximum atomic E-state index is 5.43. The summed E-state index contributed by atoms with van der Waals surface area (Å²) in [6.45, 7) is 0.633. The van der Waals surface area contributed by atoms with E-state index in [1.165, 1.54) is 5.56 Å². The standard InChI is InChI=1S/C11H14N2OS/c12-11-13-10(6-14-11)8-15-7-9-4-2-1-3-5-9/h1-5,10H,6-8H2,(H2,12,13)/t10-/m1/s1. The molecule has 2 rings (SSSR count). The van der Waals surface area contributed by atoms with Crippen LogP contribution in [0, 0.1) is 0 Å². The van der Waals surface area contributed by atoms with Crippen molar-refractivity contribution < 1.29 is 4.74 Å². The average molecular weight is 222 g/mol. The molecule has 0 unspecified atom stereocenters. The molecular weight excluding hydrogens is 208 g/mol. The van der Waals surface area contributed by atoms with Crippen molar-refractivity contribution in [2.24, 2.45) is 10.7 Å². The largest absolute Gasteiger partial charge is 0.463 e. The number of aliphatic imine (C=N–C) groups is 1. The Morgan fingerprint density at radius 1 is 1.40 bits per heavy atom. The van der Waals surface area contributed by atoms with E-state index >= 15 is 0 Å². The highest BCUT2D eigenvalue weighted by Crippen LogP contribution is 2.15. The highest BCUT2D eigenvalue weighted by atomic mass is 32.2. The molecule has 0 aromatic heterocycles. The third-order valence-electron chi connectivity index (χ3n) is 2.16. The van der Waals surface area contributed by atoms with Crippen molar-refractivity contribution in [2.75, 3.05) is 12.4 Å². The fraction of sp³-hybridized carbons (Fsp3) is 0.364. The lowest BCUT2D eigenvalue weighted by Gasteiger charge is -2.04. The Bertz CT molecular complexity index is 340. The zero-order valence-corrected chi connectivity index (χ0v) is 9.24. The number of thioether (sulfide) groups is 1. The van der Waals surface area contributed by atoms with Gasteiger partial charge in [-0.25, -0.2) is 4.99 Å². The van der Waals surface area contributed by atoms with Crippen molar-refractivity contribution in [3.8, 4) is 0 Å². The first-order valence-corrected chi connectivity index (χ1v) is 6.08. The van der Waals surface area contributed by atoms with Crippen LogP contribution in [0.25, 0.3) is 0 Å². The van der Waals surface area contributed by atoms with Gasteiger partial charge in [0.15, 0.2) is 0 Å².